The lowest BCUT2D eigenvalue weighted by atomic mass is 10.1. The standard InChI is InChI=1S/C27H22BrClN2O3/c1-2-33-25-14-19(13-24(28)26(25)34-17-18-7-11-23(29)12-8-18)16-30-31-27(32)22-10-9-20-5-3-4-6-21(20)15-22/h3-16H,2,17H2,1H3,(H,31,32)/b30-16-. The van der Waals surface area contributed by atoms with E-state index < -0.39 is 0 Å². The fraction of sp³-hybridized carbons (Fsp3) is 0.111. The number of hydrazone groups is 1. The molecule has 0 aromatic heterocycles. The predicted octanol–water partition coefficient (Wildman–Crippen LogP) is 7.00. The maximum absolute atomic E-state index is 12.5. The Labute approximate surface area is 211 Å². The number of fused-ring (bicyclic) bond motifs is 1. The molecule has 0 heterocycles. The van der Waals surface area contributed by atoms with Crippen LogP contribution < -0.4 is 14.9 Å². The van der Waals surface area contributed by atoms with Gasteiger partial charge in [-0.25, -0.2) is 5.43 Å². The third-order valence-corrected chi connectivity index (χ3v) is 5.86. The van der Waals surface area contributed by atoms with Crippen LogP contribution in [0.15, 0.2) is 88.4 Å². The SMILES string of the molecule is CCOc1cc(/C=N\NC(=O)c2ccc3ccccc3c2)cc(Br)c1OCc1ccc(Cl)cc1. The summed E-state index contributed by atoms with van der Waals surface area (Å²) in [6.07, 6.45) is 1.56. The molecule has 0 aliphatic rings. The van der Waals surface area contributed by atoms with Gasteiger partial charge in [0.05, 0.1) is 17.3 Å². The monoisotopic (exact) mass is 536 g/mol. The Hall–Kier alpha value is -3.35. The molecule has 7 heteroatoms. The van der Waals surface area contributed by atoms with E-state index in [0.29, 0.717) is 35.3 Å². The van der Waals surface area contributed by atoms with Gasteiger partial charge in [-0.15, -0.1) is 0 Å². The molecule has 5 nitrogen and oxygen atoms in total. The third-order valence-electron chi connectivity index (χ3n) is 5.02. The number of hydrogen-bond acceptors (Lipinski definition) is 4. The van der Waals surface area contributed by atoms with E-state index in [0.717, 1.165) is 26.4 Å². The van der Waals surface area contributed by atoms with Gasteiger partial charge in [-0.05, 0) is 81.2 Å². The Balaban J connectivity index is 1.46. The van der Waals surface area contributed by atoms with Crippen LogP contribution in [0.4, 0.5) is 0 Å². The normalized spacial score (nSPS) is 11.0. The molecule has 0 unspecified atom stereocenters. The molecule has 0 atom stereocenters. The number of hydrogen-bond donors (Lipinski definition) is 1. The Morgan fingerprint density at radius 1 is 1.00 bits per heavy atom. The van der Waals surface area contributed by atoms with Crippen molar-refractivity contribution in [2.45, 2.75) is 13.5 Å². The number of rotatable bonds is 8. The summed E-state index contributed by atoms with van der Waals surface area (Å²) >= 11 is 9.51. The van der Waals surface area contributed by atoms with E-state index in [1.165, 1.54) is 0 Å². The summed E-state index contributed by atoms with van der Waals surface area (Å²) in [5.41, 5.74) is 4.85. The van der Waals surface area contributed by atoms with Crippen LogP contribution in [0.2, 0.25) is 5.02 Å². The summed E-state index contributed by atoms with van der Waals surface area (Å²) < 4.78 is 12.5. The van der Waals surface area contributed by atoms with E-state index in [-0.39, 0.29) is 5.91 Å². The molecule has 0 spiro atoms. The minimum Gasteiger partial charge on any atom is -0.490 e. The predicted molar refractivity (Wildman–Crippen MR) is 140 cm³/mol. The van der Waals surface area contributed by atoms with Crippen molar-refractivity contribution in [3.05, 3.63) is 105 Å². The summed E-state index contributed by atoms with van der Waals surface area (Å²) in [5, 5.41) is 6.87. The average molecular weight is 538 g/mol. The molecule has 4 aromatic rings. The summed E-state index contributed by atoms with van der Waals surface area (Å²) in [7, 11) is 0. The van der Waals surface area contributed by atoms with Crippen molar-refractivity contribution in [3.8, 4) is 11.5 Å². The van der Waals surface area contributed by atoms with Gasteiger partial charge < -0.3 is 9.47 Å². The first-order valence-electron chi connectivity index (χ1n) is 10.7. The van der Waals surface area contributed by atoms with Crippen LogP contribution in [0.1, 0.15) is 28.4 Å². The van der Waals surface area contributed by atoms with Crippen molar-refractivity contribution in [2.24, 2.45) is 5.10 Å². The number of carbonyl (C=O) groups is 1. The first-order chi connectivity index (χ1) is 16.5. The molecule has 0 bridgehead atoms. The average Bonchev–Trinajstić information content (AvgIpc) is 2.84. The molecular formula is C27H22BrClN2O3. The second-order valence-corrected chi connectivity index (χ2v) is 8.73. The van der Waals surface area contributed by atoms with Crippen LogP contribution in [-0.2, 0) is 6.61 Å². The van der Waals surface area contributed by atoms with Gasteiger partial charge in [-0.1, -0.05) is 54.1 Å². The van der Waals surface area contributed by atoms with E-state index in [9.17, 15) is 4.79 Å². The van der Waals surface area contributed by atoms with Crippen LogP contribution in [0.5, 0.6) is 11.5 Å². The van der Waals surface area contributed by atoms with Gasteiger partial charge in [0.15, 0.2) is 11.5 Å². The maximum atomic E-state index is 12.5. The number of carbonyl (C=O) groups excluding carboxylic acids is 1. The van der Waals surface area contributed by atoms with Crippen LogP contribution in [0.3, 0.4) is 0 Å². The van der Waals surface area contributed by atoms with Crippen LogP contribution in [0, 0.1) is 0 Å². The van der Waals surface area contributed by atoms with Gasteiger partial charge in [0.2, 0.25) is 0 Å². The lowest BCUT2D eigenvalue weighted by molar-refractivity contribution is 0.0955. The Morgan fingerprint density at radius 2 is 1.76 bits per heavy atom. The van der Waals surface area contributed by atoms with E-state index in [1.807, 2.05) is 79.7 Å². The van der Waals surface area contributed by atoms with E-state index >= 15 is 0 Å². The third kappa shape index (κ3) is 5.95. The molecule has 0 aliphatic heterocycles. The van der Waals surface area contributed by atoms with Crippen molar-refractivity contribution >= 4 is 50.4 Å². The summed E-state index contributed by atoms with van der Waals surface area (Å²) in [6.45, 7) is 2.75. The lowest BCUT2D eigenvalue weighted by Crippen LogP contribution is -2.17. The van der Waals surface area contributed by atoms with Gasteiger partial charge in [0, 0.05) is 10.6 Å². The minimum atomic E-state index is -0.283. The highest BCUT2D eigenvalue weighted by Gasteiger charge is 2.13. The van der Waals surface area contributed by atoms with Gasteiger partial charge >= 0.3 is 0 Å². The molecular weight excluding hydrogens is 516 g/mol. The van der Waals surface area contributed by atoms with Gasteiger partial charge in [-0.3, -0.25) is 4.79 Å². The fourth-order valence-corrected chi connectivity index (χ4v) is 4.06. The molecule has 172 valence electrons. The highest BCUT2D eigenvalue weighted by molar-refractivity contribution is 9.10. The highest BCUT2D eigenvalue weighted by atomic mass is 79.9. The van der Waals surface area contributed by atoms with E-state index in [4.69, 9.17) is 21.1 Å². The summed E-state index contributed by atoms with van der Waals surface area (Å²) in [6, 6.07) is 24.6. The second kappa shape index (κ2) is 11.2. The van der Waals surface area contributed by atoms with Crippen LogP contribution in [-0.4, -0.2) is 18.7 Å². The molecule has 1 amide bonds. The van der Waals surface area contributed by atoms with Gasteiger partial charge in [0.1, 0.15) is 6.61 Å². The van der Waals surface area contributed by atoms with Crippen molar-refractivity contribution in [2.75, 3.05) is 6.61 Å². The largest absolute Gasteiger partial charge is 0.490 e. The fourth-order valence-electron chi connectivity index (χ4n) is 3.36. The van der Waals surface area contributed by atoms with Gasteiger partial charge in [-0.2, -0.15) is 5.10 Å². The number of amides is 1. The first kappa shape index (κ1) is 23.8. The molecule has 0 saturated heterocycles. The van der Waals surface area contributed by atoms with Gasteiger partial charge in [0.25, 0.3) is 5.91 Å². The second-order valence-electron chi connectivity index (χ2n) is 7.44. The lowest BCUT2D eigenvalue weighted by Gasteiger charge is -2.14. The first-order valence-corrected chi connectivity index (χ1v) is 11.9. The Bertz CT molecular complexity index is 1340. The number of ether oxygens (including phenoxy) is 2. The van der Waals surface area contributed by atoms with Crippen LogP contribution in [0.25, 0.3) is 10.8 Å². The Kier molecular flexibility index (Phi) is 7.83. The minimum absolute atomic E-state index is 0.283. The molecule has 1 N–H and O–H groups in total. The molecule has 0 fully saturated rings. The zero-order valence-electron chi connectivity index (χ0n) is 18.4. The number of benzene rings is 4. The molecule has 34 heavy (non-hydrogen) atoms. The Morgan fingerprint density at radius 3 is 2.53 bits per heavy atom. The van der Waals surface area contributed by atoms with E-state index in [1.54, 1.807) is 12.3 Å². The maximum Gasteiger partial charge on any atom is 0.271 e. The zero-order valence-corrected chi connectivity index (χ0v) is 20.8. The molecule has 4 aromatic carbocycles. The molecule has 0 aliphatic carbocycles. The summed E-state index contributed by atoms with van der Waals surface area (Å²) in [5.74, 6) is 0.885. The molecule has 0 radical (unpaired) electrons. The summed E-state index contributed by atoms with van der Waals surface area (Å²) in [4.78, 5) is 12.5. The zero-order chi connectivity index (χ0) is 23.9. The quantitative estimate of drug-likeness (QED) is 0.194. The van der Waals surface area contributed by atoms with Crippen molar-refractivity contribution in [1.29, 1.82) is 0 Å². The van der Waals surface area contributed by atoms with Crippen molar-refractivity contribution in [3.63, 3.8) is 0 Å². The highest BCUT2D eigenvalue weighted by Crippen LogP contribution is 2.37. The molecule has 4 rings (SSSR count). The smallest absolute Gasteiger partial charge is 0.271 e. The number of halogens is 2. The van der Waals surface area contributed by atoms with Crippen molar-refractivity contribution in [1.82, 2.24) is 5.43 Å². The van der Waals surface area contributed by atoms with Crippen LogP contribution >= 0.6 is 27.5 Å². The molecule has 0 saturated carbocycles. The van der Waals surface area contributed by atoms with Crippen molar-refractivity contribution < 1.29 is 14.3 Å². The number of nitrogens with zero attached hydrogens (tertiary/aromatic N) is 1. The number of nitrogens with one attached hydrogen (secondary N) is 1. The topological polar surface area (TPSA) is 59.9 Å². The van der Waals surface area contributed by atoms with E-state index in [2.05, 4.69) is 26.5 Å².